The van der Waals surface area contributed by atoms with Crippen LogP contribution in [0.5, 0.6) is 0 Å². The molecule has 1 saturated heterocycles. The molecular weight excluding hydrogens is 228 g/mol. The number of carbonyl (C=O) groups is 1. The summed E-state index contributed by atoms with van der Waals surface area (Å²) in [6.45, 7) is 7.83. The maximum Gasteiger partial charge on any atom is 0.243 e. The van der Waals surface area contributed by atoms with Crippen LogP contribution >= 0.6 is 0 Å². The van der Waals surface area contributed by atoms with Crippen LogP contribution in [-0.4, -0.2) is 36.6 Å². The van der Waals surface area contributed by atoms with Crippen LogP contribution in [0.25, 0.3) is 0 Å². The summed E-state index contributed by atoms with van der Waals surface area (Å²) in [5, 5.41) is 9.32. The van der Waals surface area contributed by atoms with E-state index in [1.165, 1.54) is 0 Å². The molecule has 0 aromatic carbocycles. The topological polar surface area (TPSA) is 53.3 Å². The van der Waals surface area contributed by atoms with Gasteiger partial charge in [-0.2, -0.15) is 5.26 Å². The molecule has 1 unspecified atom stereocenters. The van der Waals surface area contributed by atoms with Gasteiger partial charge in [0.15, 0.2) is 0 Å². The summed E-state index contributed by atoms with van der Waals surface area (Å²) in [4.78, 5) is 14.3. The molecule has 0 spiro atoms. The number of rotatable bonds is 6. The van der Waals surface area contributed by atoms with E-state index in [1.54, 1.807) is 4.90 Å². The summed E-state index contributed by atoms with van der Waals surface area (Å²) in [5.41, 5.74) is -0.853. The normalized spacial score (nSPS) is 19.6. The van der Waals surface area contributed by atoms with Crippen molar-refractivity contribution in [2.75, 3.05) is 19.7 Å². The van der Waals surface area contributed by atoms with Gasteiger partial charge in [0.1, 0.15) is 5.41 Å². The van der Waals surface area contributed by atoms with Crippen LogP contribution in [0.15, 0.2) is 0 Å². The van der Waals surface area contributed by atoms with E-state index in [-0.39, 0.29) is 12.0 Å². The van der Waals surface area contributed by atoms with E-state index in [1.807, 2.05) is 20.8 Å². The summed E-state index contributed by atoms with van der Waals surface area (Å²) in [6.07, 6.45) is 3.38. The lowest BCUT2D eigenvalue weighted by atomic mass is 9.82. The number of carbonyl (C=O) groups excluding carboxylic acids is 1. The highest BCUT2D eigenvalue weighted by Gasteiger charge is 2.38. The zero-order chi connectivity index (χ0) is 13.6. The van der Waals surface area contributed by atoms with Crippen LogP contribution < -0.4 is 0 Å². The second-order valence-electron chi connectivity index (χ2n) is 4.88. The first-order valence-corrected chi connectivity index (χ1v) is 6.95. The zero-order valence-corrected chi connectivity index (χ0v) is 11.7. The maximum atomic E-state index is 12.5. The first kappa shape index (κ1) is 15.0. The smallest absolute Gasteiger partial charge is 0.243 e. The highest BCUT2D eigenvalue weighted by Crippen LogP contribution is 2.28. The molecule has 4 heteroatoms. The molecule has 1 atom stereocenters. The molecule has 1 rings (SSSR count). The van der Waals surface area contributed by atoms with Crippen LogP contribution in [-0.2, 0) is 9.53 Å². The van der Waals surface area contributed by atoms with Gasteiger partial charge in [0.05, 0.1) is 12.2 Å². The third kappa shape index (κ3) is 3.02. The summed E-state index contributed by atoms with van der Waals surface area (Å²) in [7, 11) is 0. The standard InChI is InChI=1S/C14H24N2O2/c1-4-14(5-2,11-15)13(17)16(6-3)10-12-8-7-9-18-12/h12H,4-10H2,1-3H3. The summed E-state index contributed by atoms with van der Waals surface area (Å²) >= 11 is 0. The lowest BCUT2D eigenvalue weighted by molar-refractivity contribution is -0.140. The van der Waals surface area contributed by atoms with Crippen molar-refractivity contribution in [1.29, 1.82) is 5.26 Å². The number of nitriles is 1. The molecule has 0 aromatic heterocycles. The Balaban J connectivity index is 2.74. The van der Waals surface area contributed by atoms with Gasteiger partial charge in [-0.25, -0.2) is 0 Å². The Bertz CT molecular complexity index is 312. The van der Waals surface area contributed by atoms with E-state index in [0.29, 0.717) is 25.9 Å². The van der Waals surface area contributed by atoms with Crippen molar-refractivity contribution in [3.8, 4) is 6.07 Å². The molecule has 1 heterocycles. The van der Waals surface area contributed by atoms with Crippen molar-refractivity contribution < 1.29 is 9.53 Å². The summed E-state index contributed by atoms with van der Waals surface area (Å²) in [5.74, 6) is -0.0343. The fourth-order valence-electron chi connectivity index (χ4n) is 2.45. The molecule has 0 bridgehead atoms. The molecule has 0 N–H and O–H groups in total. The second-order valence-corrected chi connectivity index (χ2v) is 4.88. The highest BCUT2D eigenvalue weighted by molar-refractivity contribution is 5.85. The average molecular weight is 252 g/mol. The zero-order valence-electron chi connectivity index (χ0n) is 11.7. The minimum absolute atomic E-state index is 0.0343. The van der Waals surface area contributed by atoms with Gasteiger partial charge < -0.3 is 9.64 Å². The molecule has 102 valence electrons. The van der Waals surface area contributed by atoms with Crippen LogP contribution in [0, 0.1) is 16.7 Å². The largest absolute Gasteiger partial charge is 0.376 e. The van der Waals surface area contributed by atoms with Crippen molar-refractivity contribution in [2.24, 2.45) is 5.41 Å². The first-order valence-electron chi connectivity index (χ1n) is 6.95. The van der Waals surface area contributed by atoms with Crippen molar-refractivity contribution in [3.05, 3.63) is 0 Å². The molecule has 0 saturated carbocycles. The maximum absolute atomic E-state index is 12.5. The highest BCUT2D eigenvalue weighted by atomic mass is 16.5. The molecule has 1 fully saturated rings. The molecule has 1 aliphatic rings. The minimum Gasteiger partial charge on any atom is -0.376 e. The van der Waals surface area contributed by atoms with E-state index in [2.05, 4.69) is 6.07 Å². The molecule has 0 aliphatic carbocycles. The number of likely N-dealkylation sites (N-methyl/N-ethyl adjacent to an activating group) is 1. The molecular formula is C14H24N2O2. The Morgan fingerprint density at radius 2 is 2.11 bits per heavy atom. The fourth-order valence-corrected chi connectivity index (χ4v) is 2.45. The van der Waals surface area contributed by atoms with Crippen LogP contribution in [0.4, 0.5) is 0 Å². The SMILES string of the molecule is CCN(CC1CCCO1)C(=O)C(C#N)(CC)CC. The number of hydrogen-bond acceptors (Lipinski definition) is 3. The van der Waals surface area contributed by atoms with Gasteiger partial charge in [-0.15, -0.1) is 0 Å². The average Bonchev–Trinajstić information content (AvgIpc) is 2.91. The third-order valence-corrected chi connectivity index (χ3v) is 3.95. The predicted octanol–water partition coefficient (Wildman–Crippen LogP) is 2.34. The van der Waals surface area contributed by atoms with Gasteiger partial charge in [-0.1, -0.05) is 13.8 Å². The monoisotopic (exact) mass is 252 g/mol. The Kier molecular flexibility index (Phi) is 5.61. The molecule has 18 heavy (non-hydrogen) atoms. The van der Waals surface area contributed by atoms with Gasteiger partial charge in [0.25, 0.3) is 0 Å². The Hall–Kier alpha value is -1.08. The lowest BCUT2D eigenvalue weighted by Gasteiger charge is -2.31. The summed E-state index contributed by atoms with van der Waals surface area (Å²) in [6, 6.07) is 2.22. The van der Waals surface area contributed by atoms with Crippen LogP contribution in [0.2, 0.25) is 0 Å². The van der Waals surface area contributed by atoms with Gasteiger partial charge in [0.2, 0.25) is 5.91 Å². The first-order chi connectivity index (χ1) is 8.63. The lowest BCUT2D eigenvalue weighted by Crippen LogP contribution is -2.45. The Morgan fingerprint density at radius 1 is 1.44 bits per heavy atom. The predicted molar refractivity (Wildman–Crippen MR) is 69.9 cm³/mol. The molecule has 0 radical (unpaired) electrons. The van der Waals surface area contributed by atoms with E-state index >= 15 is 0 Å². The molecule has 1 amide bonds. The number of nitrogens with zero attached hydrogens (tertiary/aromatic N) is 2. The van der Waals surface area contributed by atoms with Crippen LogP contribution in [0.3, 0.4) is 0 Å². The van der Waals surface area contributed by atoms with Gasteiger partial charge >= 0.3 is 0 Å². The van der Waals surface area contributed by atoms with E-state index < -0.39 is 5.41 Å². The van der Waals surface area contributed by atoms with Crippen molar-refractivity contribution >= 4 is 5.91 Å². The van der Waals surface area contributed by atoms with Gasteiger partial charge in [-0.3, -0.25) is 4.79 Å². The quantitative estimate of drug-likeness (QED) is 0.729. The van der Waals surface area contributed by atoms with E-state index in [4.69, 9.17) is 4.74 Å². The van der Waals surface area contributed by atoms with Crippen molar-refractivity contribution in [3.63, 3.8) is 0 Å². The van der Waals surface area contributed by atoms with Gasteiger partial charge in [-0.05, 0) is 32.6 Å². The molecule has 1 aliphatic heterocycles. The van der Waals surface area contributed by atoms with Crippen molar-refractivity contribution in [2.45, 2.75) is 52.6 Å². The third-order valence-electron chi connectivity index (χ3n) is 3.95. The van der Waals surface area contributed by atoms with Crippen molar-refractivity contribution in [1.82, 2.24) is 4.90 Å². The number of ether oxygens (including phenoxy) is 1. The molecule has 4 nitrogen and oxygen atoms in total. The molecule has 0 aromatic rings. The second kappa shape index (κ2) is 6.75. The fraction of sp³-hybridized carbons (Fsp3) is 0.857. The Morgan fingerprint density at radius 3 is 2.50 bits per heavy atom. The Labute approximate surface area is 110 Å². The van der Waals surface area contributed by atoms with Crippen LogP contribution in [0.1, 0.15) is 46.5 Å². The minimum atomic E-state index is -0.853. The number of amides is 1. The van der Waals surface area contributed by atoms with Gasteiger partial charge in [0, 0.05) is 19.7 Å². The van der Waals surface area contributed by atoms with E-state index in [9.17, 15) is 10.1 Å². The summed E-state index contributed by atoms with van der Waals surface area (Å²) < 4.78 is 5.57. The van der Waals surface area contributed by atoms with E-state index in [0.717, 1.165) is 19.4 Å². The number of hydrogen-bond donors (Lipinski definition) is 0.